The normalized spacial score (nSPS) is 30.7. The SMILES string of the molecule is O=C(CCc1ccsc1)OC1CC2CCC1C2. The zero-order valence-corrected chi connectivity index (χ0v) is 10.7. The Kier molecular flexibility index (Phi) is 3.19. The molecule has 1 aromatic rings. The summed E-state index contributed by atoms with van der Waals surface area (Å²) >= 11 is 1.68. The van der Waals surface area contributed by atoms with Gasteiger partial charge in [-0.1, -0.05) is 0 Å². The molecule has 3 unspecified atom stereocenters. The highest BCUT2D eigenvalue weighted by atomic mass is 32.1. The lowest BCUT2D eigenvalue weighted by Crippen LogP contribution is -2.24. The van der Waals surface area contributed by atoms with Crippen LogP contribution in [0, 0.1) is 11.8 Å². The van der Waals surface area contributed by atoms with E-state index in [1.165, 1.54) is 24.8 Å². The first-order chi connectivity index (χ1) is 8.31. The number of aryl methyl sites for hydroxylation is 1. The zero-order valence-electron chi connectivity index (χ0n) is 9.93. The molecule has 0 radical (unpaired) electrons. The van der Waals surface area contributed by atoms with E-state index < -0.39 is 0 Å². The van der Waals surface area contributed by atoms with Crippen molar-refractivity contribution in [1.82, 2.24) is 0 Å². The molecule has 1 aromatic heterocycles. The van der Waals surface area contributed by atoms with Crippen LogP contribution in [0.15, 0.2) is 16.8 Å². The van der Waals surface area contributed by atoms with Crippen molar-refractivity contribution in [1.29, 1.82) is 0 Å². The highest BCUT2D eigenvalue weighted by molar-refractivity contribution is 7.07. The molecule has 3 atom stereocenters. The van der Waals surface area contributed by atoms with Gasteiger partial charge in [0, 0.05) is 6.42 Å². The zero-order chi connectivity index (χ0) is 11.7. The van der Waals surface area contributed by atoms with Gasteiger partial charge < -0.3 is 4.74 Å². The molecule has 2 fully saturated rings. The van der Waals surface area contributed by atoms with Crippen LogP contribution in [0.25, 0.3) is 0 Å². The van der Waals surface area contributed by atoms with Gasteiger partial charge in [-0.3, -0.25) is 4.79 Å². The van der Waals surface area contributed by atoms with Gasteiger partial charge >= 0.3 is 5.97 Å². The largest absolute Gasteiger partial charge is 0.462 e. The third kappa shape index (κ3) is 2.54. The Morgan fingerprint density at radius 3 is 3.00 bits per heavy atom. The Bertz CT molecular complexity index is 385. The van der Waals surface area contributed by atoms with Gasteiger partial charge in [-0.05, 0) is 66.3 Å². The van der Waals surface area contributed by atoms with E-state index in [-0.39, 0.29) is 12.1 Å². The topological polar surface area (TPSA) is 26.3 Å². The molecular formula is C14H18O2S. The maximum Gasteiger partial charge on any atom is 0.306 e. The second kappa shape index (κ2) is 4.81. The number of esters is 1. The van der Waals surface area contributed by atoms with Crippen molar-refractivity contribution in [3.8, 4) is 0 Å². The van der Waals surface area contributed by atoms with Crippen LogP contribution in [0.3, 0.4) is 0 Å². The van der Waals surface area contributed by atoms with Gasteiger partial charge in [-0.2, -0.15) is 11.3 Å². The molecule has 0 saturated heterocycles. The van der Waals surface area contributed by atoms with Crippen molar-refractivity contribution in [3.63, 3.8) is 0 Å². The summed E-state index contributed by atoms with van der Waals surface area (Å²) in [5.74, 6) is 1.51. The molecule has 2 aliphatic rings. The lowest BCUT2D eigenvalue weighted by atomic mass is 9.98. The molecule has 3 heteroatoms. The molecule has 17 heavy (non-hydrogen) atoms. The second-order valence-electron chi connectivity index (χ2n) is 5.33. The summed E-state index contributed by atoms with van der Waals surface area (Å²) in [6, 6.07) is 2.08. The Morgan fingerprint density at radius 2 is 2.35 bits per heavy atom. The minimum atomic E-state index is -0.00579. The molecule has 92 valence electrons. The summed E-state index contributed by atoms with van der Waals surface area (Å²) in [6.45, 7) is 0. The second-order valence-corrected chi connectivity index (χ2v) is 6.11. The highest BCUT2D eigenvalue weighted by Crippen LogP contribution is 2.45. The van der Waals surface area contributed by atoms with Crippen LogP contribution in [0.5, 0.6) is 0 Å². The van der Waals surface area contributed by atoms with Crippen LogP contribution in [0.1, 0.15) is 37.7 Å². The van der Waals surface area contributed by atoms with E-state index >= 15 is 0 Å². The van der Waals surface area contributed by atoms with E-state index in [1.807, 2.05) is 0 Å². The number of ether oxygens (including phenoxy) is 1. The molecule has 2 saturated carbocycles. The fourth-order valence-electron chi connectivity index (χ4n) is 3.24. The molecule has 2 aliphatic carbocycles. The summed E-state index contributed by atoms with van der Waals surface area (Å²) < 4.78 is 5.61. The van der Waals surface area contributed by atoms with Gasteiger partial charge in [0.25, 0.3) is 0 Å². The van der Waals surface area contributed by atoms with E-state index in [0.717, 1.165) is 18.8 Å². The number of thiophene rings is 1. The first-order valence-corrected chi connectivity index (χ1v) is 7.46. The molecule has 2 bridgehead atoms. The average molecular weight is 250 g/mol. The maximum atomic E-state index is 11.8. The van der Waals surface area contributed by atoms with E-state index in [4.69, 9.17) is 4.74 Å². The Labute approximate surface area is 106 Å². The van der Waals surface area contributed by atoms with E-state index in [0.29, 0.717) is 12.3 Å². The molecule has 1 heterocycles. The standard InChI is InChI=1S/C14H18O2S/c15-14(4-2-10-5-6-17-9-10)16-13-8-11-1-3-12(13)7-11/h5-6,9,11-13H,1-4,7-8H2. The van der Waals surface area contributed by atoms with Crippen molar-refractivity contribution < 1.29 is 9.53 Å². The molecule has 2 nitrogen and oxygen atoms in total. The smallest absolute Gasteiger partial charge is 0.306 e. The van der Waals surface area contributed by atoms with Gasteiger partial charge in [-0.15, -0.1) is 0 Å². The van der Waals surface area contributed by atoms with Crippen LogP contribution in [0.2, 0.25) is 0 Å². The summed E-state index contributed by atoms with van der Waals surface area (Å²) in [5, 5.41) is 4.15. The predicted molar refractivity (Wildman–Crippen MR) is 68.0 cm³/mol. The Morgan fingerprint density at radius 1 is 1.41 bits per heavy atom. The number of carbonyl (C=O) groups excluding carboxylic acids is 1. The third-order valence-electron chi connectivity index (χ3n) is 4.15. The number of fused-ring (bicyclic) bond motifs is 2. The molecule has 0 aliphatic heterocycles. The predicted octanol–water partition coefficient (Wildman–Crippen LogP) is 3.41. The number of rotatable bonds is 4. The van der Waals surface area contributed by atoms with Crippen molar-refractivity contribution in [2.75, 3.05) is 0 Å². The molecule has 0 N–H and O–H groups in total. The van der Waals surface area contributed by atoms with Crippen LogP contribution in [-0.4, -0.2) is 12.1 Å². The number of carbonyl (C=O) groups is 1. The Hall–Kier alpha value is -0.830. The molecule has 0 spiro atoms. The number of hydrogen-bond donors (Lipinski definition) is 0. The van der Waals surface area contributed by atoms with Gasteiger partial charge in [-0.25, -0.2) is 0 Å². The Balaban J connectivity index is 1.44. The first kappa shape index (κ1) is 11.3. The van der Waals surface area contributed by atoms with Crippen LogP contribution in [0.4, 0.5) is 0 Å². The fraction of sp³-hybridized carbons (Fsp3) is 0.643. The third-order valence-corrected chi connectivity index (χ3v) is 4.89. The average Bonchev–Trinajstić information content (AvgIpc) is 3.03. The number of hydrogen-bond acceptors (Lipinski definition) is 3. The fourth-order valence-corrected chi connectivity index (χ4v) is 3.94. The van der Waals surface area contributed by atoms with Crippen LogP contribution in [-0.2, 0) is 16.0 Å². The quantitative estimate of drug-likeness (QED) is 0.765. The monoisotopic (exact) mass is 250 g/mol. The summed E-state index contributed by atoms with van der Waals surface area (Å²) in [4.78, 5) is 11.8. The molecule has 3 rings (SSSR count). The van der Waals surface area contributed by atoms with Crippen molar-refractivity contribution in [3.05, 3.63) is 22.4 Å². The highest BCUT2D eigenvalue weighted by Gasteiger charge is 2.41. The van der Waals surface area contributed by atoms with Gasteiger partial charge in [0.1, 0.15) is 6.10 Å². The lowest BCUT2D eigenvalue weighted by Gasteiger charge is -2.21. The molecule has 0 aromatic carbocycles. The maximum absolute atomic E-state index is 11.8. The van der Waals surface area contributed by atoms with Gasteiger partial charge in [0.15, 0.2) is 0 Å². The summed E-state index contributed by atoms with van der Waals surface area (Å²) in [6.07, 6.45) is 6.63. The molecule has 0 amide bonds. The van der Waals surface area contributed by atoms with Crippen LogP contribution < -0.4 is 0 Å². The van der Waals surface area contributed by atoms with Crippen molar-refractivity contribution >= 4 is 17.3 Å². The van der Waals surface area contributed by atoms with Gasteiger partial charge in [0.05, 0.1) is 0 Å². The lowest BCUT2D eigenvalue weighted by molar-refractivity contribution is -0.151. The van der Waals surface area contributed by atoms with E-state index in [2.05, 4.69) is 16.8 Å². The molecular weight excluding hydrogens is 232 g/mol. The van der Waals surface area contributed by atoms with Crippen molar-refractivity contribution in [2.24, 2.45) is 11.8 Å². The van der Waals surface area contributed by atoms with Crippen LogP contribution >= 0.6 is 11.3 Å². The minimum Gasteiger partial charge on any atom is -0.462 e. The van der Waals surface area contributed by atoms with E-state index in [1.54, 1.807) is 11.3 Å². The van der Waals surface area contributed by atoms with E-state index in [9.17, 15) is 4.79 Å². The summed E-state index contributed by atoms with van der Waals surface area (Å²) in [5.41, 5.74) is 1.25. The van der Waals surface area contributed by atoms with Gasteiger partial charge in [0.2, 0.25) is 0 Å². The van der Waals surface area contributed by atoms with Crippen molar-refractivity contribution in [2.45, 2.75) is 44.6 Å². The minimum absolute atomic E-state index is 0.00579. The first-order valence-electron chi connectivity index (χ1n) is 6.52. The summed E-state index contributed by atoms with van der Waals surface area (Å²) in [7, 11) is 0.